The maximum absolute atomic E-state index is 12.6. The molecule has 10 heteroatoms. The quantitative estimate of drug-likeness (QED) is 0.546. The zero-order valence-electron chi connectivity index (χ0n) is 18.5. The molecular weight excluding hydrogens is 459 g/mol. The van der Waals surface area contributed by atoms with Crippen LogP contribution in [0, 0.1) is 0 Å². The summed E-state index contributed by atoms with van der Waals surface area (Å²) in [6.07, 6.45) is 0.983. The molecule has 2 fully saturated rings. The van der Waals surface area contributed by atoms with Crippen LogP contribution in [0.2, 0.25) is 0 Å². The molecule has 2 aromatic carbocycles. The van der Waals surface area contributed by atoms with Crippen molar-refractivity contribution in [1.29, 1.82) is 0 Å². The first kappa shape index (κ1) is 24.9. The Morgan fingerprint density at radius 3 is 2.19 bits per heavy atom. The first-order valence-electron chi connectivity index (χ1n) is 9.79. The van der Waals surface area contributed by atoms with Crippen molar-refractivity contribution >= 4 is 45.8 Å². The first-order chi connectivity index (χ1) is 15.0. The fourth-order valence-electron chi connectivity index (χ4n) is 3.38. The Balaban J connectivity index is 0.00000193. The Bertz CT molecular complexity index is 1010. The van der Waals surface area contributed by atoms with Crippen LogP contribution in [0.15, 0.2) is 54.6 Å². The van der Waals surface area contributed by atoms with Crippen LogP contribution in [-0.2, 0) is 22.4 Å². The van der Waals surface area contributed by atoms with Crippen LogP contribution in [-0.4, -0.2) is 50.8 Å². The van der Waals surface area contributed by atoms with Crippen LogP contribution in [0.3, 0.4) is 0 Å². The molecule has 4 rings (SSSR count). The van der Waals surface area contributed by atoms with Gasteiger partial charge in [-0.25, -0.2) is 0 Å². The number of thioether (sulfide) groups is 2. The summed E-state index contributed by atoms with van der Waals surface area (Å²) in [6, 6.07) is 16.9. The molecule has 2 atom stereocenters. The fraction of sp³-hybridized carbons (Fsp3) is 0.273. The van der Waals surface area contributed by atoms with Crippen molar-refractivity contribution in [2.45, 2.75) is 23.3 Å². The van der Waals surface area contributed by atoms with Gasteiger partial charge < -0.3 is 6.16 Å². The Morgan fingerprint density at radius 2 is 1.53 bits per heavy atom. The maximum Gasteiger partial charge on any atom is 1.00 e. The van der Waals surface area contributed by atoms with Crippen molar-refractivity contribution in [3.63, 3.8) is 0 Å². The Hall–Kier alpha value is -1.78. The maximum atomic E-state index is 12.6. The van der Waals surface area contributed by atoms with E-state index in [9.17, 15) is 19.2 Å². The second kappa shape index (κ2) is 11.4. The van der Waals surface area contributed by atoms with Gasteiger partial charge in [0, 0.05) is 0 Å². The molecule has 2 heterocycles. The molecule has 1 N–H and O–H groups in total. The zero-order valence-corrected chi connectivity index (χ0v) is 21.1. The molecule has 2 saturated heterocycles. The summed E-state index contributed by atoms with van der Waals surface area (Å²) < 4.78 is 5.69. The van der Waals surface area contributed by atoms with Crippen LogP contribution in [0.1, 0.15) is 12.6 Å². The van der Waals surface area contributed by atoms with E-state index in [2.05, 4.69) is 5.32 Å². The Kier molecular flexibility index (Phi) is 8.84. The molecule has 0 saturated carbocycles. The average Bonchev–Trinajstić information content (AvgIpc) is 3.21. The molecule has 4 amide bonds. The number of nitrogens with zero attached hydrogens (tertiary/aromatic N) is 1. The third kappa shape index (κ3) is 6.17. The zero-order chi connectivity index (χ0) is 21.8. The summed E-state index contributed by atoms with van der Waals surface area (Å²) in [5, 5.41) is 0.911. The van der Waals surface area contributed by atoms with E-state index in [-0.39, 0.29) is 66.4 Å². The van der Waals surface area contributed by atoms with Crippen molar-refractivity contribution in [1.82, 2.24) is 10.2 Å². The molecule has 2 aromatic rings. The van der Waals surface area contributed by atoms with Crippen LogP contribution >= 0.6 is 23.5 Å². The van der Waals surface area contributed by atoms with Crippen LogP contribution in [0.4, 0.5) is 9.59 Å². The number of nitrogens with one attached hydrogen (secondary N) is 1. The molecular formula is C22H21N2NaO5S2. The minimum absolute atomic E-state index is 0. The Morgan fingerprint density at radius 1 is 0.875 bits per heavy atom. The summed E-state index contributed by atoms with van der Waals surface area (Å²) in [6.45, 7) is 0.392. The number of ether oxygens (including phenoxy) is 1. The van der Waals surface area contributed by atoms with Crippen molar-refractivity contribution in [3.8, 4) is 5.75 Å². The SMILES string of the molecule is O=C1NC(=O)C(Cc2ccc(OCCN3C(=O)SC(Cc4ccccc4)C3=O)cc2)S1.[H-].[Na+]. The second-order valence-electron chi connectivity index (χ2n) is 7.13. The van der Waals surface area contributed by atoms with Gasteiger partial charge >= 0.3 is 29.6 Å². The molecule has 2 unspecified atom stereocenters. The number of benzene rings is 2. The largest absolute Gasteiger partial charge is 1.00 e. The van der Waals surface area contributed by atoms with Gasteiger partial charge in [-0.3, -0.25) is 29.4 Å². The smallest absolute Gasteiger partial charge is 1.00 e. The van der Waals surface area contributed by atoms with E-state index >= 15 is 0 Å². The molecule has 7 nitrogen and oxygen atoms in total. The second-order valence-corrected chi connectivity index (χ2v) is 9.46. The van der Waals surface area contributed by atoms with Crippen molar-refractivity contribution in [2.75, 3.05) is 13.2 Å². The normalized spacial score (nSPS) is 20.3. The number of hydrogen-bond acceptors (Lipinski definition) is 7. The third-order valence-electron chi connectivity index (χ3n) is 4.96. The van der Waals surface area contributed by atoms with Crippen molar-refractivity contribution < 1.29 is 54.9 Å². The van der Waals surface area contributed by atoms with Crippen LogP contribution < -0.4 is 39.6 Å². The third-order valence-corrected chi connectivity index (χ3v) is 7.02. The van der Waals surface area contributed by atoms with Gasteiger partial charge in [0.1, 0.15) is 12.4 Å². The summed E-state index contributed by atoms with van der Waals surface area (Å²) >= 11 is 2.06. The number of carbonyl (C=O) groups is 4. The fourth-order valence-corrected chi connectivity index (χ4v) is 5.29. The molecule has 32 heavy (non-hydrogen) atoms. The minimum atomic E-state index is -0.409. The van der Waals surface area contributed by atoms with Gasteiger partial charge in [-0.2, -0.15) is 0 Å². The number of amides is 4. The number of carbonyl (C=O) groups excluding carboxylic acids is 4. The van der Waals surface area contributed by atoms with Crippen LogP contribution in [0.25, 0.3) is 0 Å². The predicted molar refractivity (Wildman–Crippen MR) is 120 cm³/mol. The van der Waals surface area contributed by atoms with Gasteiger partial charge in [0.15, 0.2) is 0 Å². The van der Waals surface area contributed by atoms with E-state index in [1.807, 2.05) is 42.5 Å². The molecule has 2 aliphatic heterocycles. The van der Waals surface area contributed by atoms with Gasteiger partial charge in [0.05, 0.1) is 17.0 Å². The number of imide groups is 2. The van der Waals surface area contributed by atoms with E-state index in [1.54, 1.807) is 12.1 Å². The van der Waals surface area contributed by atoms with Gasteiger partial charge in [-0.1, -0.05) is 66.0 Å². The van der Waals surface area contributed by atoms with E-state index in [0.29, 0.717) is 18.6 Å². The van der Waals surface area contributed by atoms with Gasteiger partial charge in [-0.05, 0) is 36.1 Å². The molecule has 0 aromatic heterocycles. The molecule has 0 radical (unpaired) electrons. The monoisotopic (exact) mass is 480 g/mol. The summed E-state index contributed by atoms with van der Waals surface area (Å²) in [7, 11) is 0. The topological polar surface area (TPSA) is 92.8 Å². The van der Waals surface area contributed by atoms with Crippen molar-refractivity contribution in [3.05, 3.63) is 65.7 Å². The first-order valence-corrected chi connectivity index (χ1v) is 11.5. The average molecular weight is 481 g/mol. The van der Waals surface area contributed by atoms with Gasteiger partial charge in [0.25, 0.3) is 10.5 Å². The van der Waals surface area contributed by atoms with E-state index in [0.717, 1.165) is 34.7 Å². The number of hydrogen-bond donors (Lipinski definition) is 1. The summed E-state index contributed by atoms with van der Waals surface area (Å²) in [5.74, 6) is 0.161. The molecule has 0 aliphatic carbocycles. The predicted octanol–water partition coefficient (Wildman–Crippen LogP) is 0.383. The minimum Gasteiger partial charge on any atom is -1.00 e. The molecule has 0 bridgehead atoms. The molecule has 162 valence electrons. The number of rotatable bonds is 8. The molecule has 2 aliphatic rings. The van der Waals surface area contributed by atoms with Crippen molar-refractivity contribution in [2.24, 2.45) is 0 Å². The van der Waals surface area contributed by atoms with E-state index in [1.165, 1.54) is 4.90 Å². The standard InChI is InChI=1S/C22H20N2O5S2.Na.H/c25-19-17(30-21(27)23-19)12-15-6-8-16(9-7-15)29-11-10-24-20(26)18(31-22(24)28)13-14-4-2-1-3-5-14;;/h1-9,17-18H,10-13H2,(H,23,25,27);;/q;+1;-1. The molecule has 0 spiro atoms. The summed E-state index contributed by atoms with van der Waals surface area (Å²) in [4.78, 5) is 49.0. The van der Waals surface area contributed by atoms with Gasteiger partial charge in [-0.15, -0.1) is 0 Å². The van der Waals surface area contributed by atoms with Crippen LogP contribution in [0.5, 0.6) is 5.75 Å². The Labute approximate surface area is 217 Å². The van der Waals surface area contributed by atoms with E-state index in [4.69, 9.17) is 4.74 Å². The van der Waals surface area contributed by atoms with E-state index < -0.39 is 10.5 Å². The van der Waals surface area contributed by atoms with Gasteiger partial charge in [0.2, 0.25) is 11.8 Å². The summed E-state index contributed by atoms with van der Waals surface area (Å²) in [5.41, 5.74) is 1.94.